The maximum absolute atomic E-state index is 9.68. The zero-order chi connectivity index (χ0) is 17.1. The lowest BCUT2D eigenvalue weighted by Crippen LogP contribution is -2.35. The van der Waals surface area contributed by atoms with E-state index in [0.29, 0.717) is 0 Å². The fourth-order valence-corrected chi connectivity index (χ4v) is 4.05. The number of benzene rings is 1. The predicted molar refractivity (Wildman–Crippen MR) is 102 cm³/mol. The molecule has 130 valence electrons. The Bertz CT molecular complexity index is 842. The summed E-state index contributed by atoms with van der Waals surface area (Å²) >= 11 is 1.63. The highest BCUT2D eigenvalue weighted by Crippen LogP contribution is 2.24. The summed E-state index contributed by atoms with van der Waals surface area (Å²) in [6.45, 7) is 3.60. The minimum absolute atomic E-state index is 0.126. The first-order valence-corrected chi connectivity index (χ1v) is 9.57. The first-order chi connectivity index (χ1) is 12.3. The van der Waals surface area contributed by atoms with Crippen LogP contribution in [0, 0.1) is 0 Å². The SMILES string of the molecule is OC1CCN(Cc2ccccc2CNc2ncnc3sccc23)CC1. The van der Waals surface area contributed by atoms with Crippen molar-refractivity contribution in [3.05, 3.63) is 53.2 Å². The number of aromatic nitrogens is 2. The van der Waals surface area contributed by atoms with Gasteiger partial charge in [0.15, 0.2) is 0 Å². The van der Waals surface area contributed by atoms with Crippen LogP contribution in [-0.2, 0) is 13.1 Å². The number of piperidine rings is 1. The maximum Gasteiger partial charge on any atom is 0.138 e. The second-order valence-electron chi connectivity index (χ2n) is 6.49. The van der Waals surface area contributed by atoms with Gasteiger partial charge in [-0.15, -0.1) is 11.3 Å². The Morgan fingerprint density at radius 1 is 1.12 bits per heavy atom. The topological polar surface area (TPSA) is 61.3 Å². The summed E-state index contributed by atoms with van der Waals surface area (Å²) in [5.74, 6) is 0.891. The van der Waals surface area contributed by atoms with Gasteiger partial charge in [0.1, 0.15) is 17.0 Å². The summed E-state index contributed by atoms with van der Waals surface area (Å²) in [6.07, 6.45) is 3.24. The van der Waals surface area contributed by atoms with Gasteiger partial charge in [-0.3, -0.25) is 4.90 Å². The molecule has 1 aromatic carbocycles. The Balaban J connectivity index is 1.46. The molecule has 0 unspecified atom stereocenters. The van der Waals surface area contributed by atoms with Gasteiger partial charge in [-0.25, -0.2) is 9.97 Å². The summed E-state index contributed by atoms with van der Waals surface area (Å²) in [6, 6.07) is 10.6. The zero-order valence-corrected chi connectivity index (χ0v) is 14.9. The summed E-state index contributed by atoms with van der Waals surface area (Å²) in [5, 5.41) is 16.3. The highest BCUT2D eigenvalue weighted by Gasteiger charge is 2.17. The van der Waals surface area contributed by atoms with E-state index >= 15 is 0 Å². The van der Waals surface area contributed by atoms with Crippen LogP contribution in [-0.4, -0.2) is 39.2 Å². The number of hydrogen-bond acceptors (Lipinski definition) is 6. The molecule has 25 heavy (non-hydrogen) atoms. The van der Waals surface area contributed by atoms with E-state index in [9.17, 15) is 5.11 Å². The van der Waals surface area contributed by atoms with Gasteiger partial charge in [0, 0.05) is 26.2 Å². The number of anilines is 1. The zero-order valence-electron chi connectivity index (χ0n) is 14.1. The number of hydrogen-bond donors (Lipinski definition) is 2. The van der Waals surface area contributed by atoms with Crippen molar-refractivity contribution in [2.45, 2.75) is 32.0 Å². The van der Waals surface area contributed by atoms with E-state index in [4.69, 9.17) is 0 Å². The van der Waals surface area contributed by atoms with Crippen molar-refractivity contribution in [2.75, 3.05) is 18.4 Å². The van der Waals surface area contributed by atoms with Crippen molar-refractivity contribution < 1.29 is 5.11 Å². The summed E-state index contributed by atoms with van der Waals surface area (Å²) < 4.78 is 0. The lowest BCUT2D eigenvalue weighted by atomic mass is 10.0. The van der Waals surface area contributed by atoms with Gasteiger partial charge in [-0.2, -0.15) is 0 Å². The third kappa shape index (κ3) is 3.81. The Labute approximate surface area is 151 Å². The molecule has 6 heteroatoms. The van der Waals surface area contributed by atoms with Crippen molar-refractivity contribution in [3.63, 3.8) is 0 Å². The molecule has 1 aliphatic heterocycles. The van der Waals surface area contributed by atoms with Crippen LogP contribution in [0.15, 0.2) is 42.0 Å². The monoisotopic (exact) mass is 354 g/mol. The molecule has 0 saturated carbocycles. The van der Waals surface area contributed by atoms with Crippen LogP contribution in [0.1, 0.15) is 24.0 Å². The fraction of sp³-hybridized carbons (Fsp3) is 0.368. The molecule has 1 fully saturated rings. The number of fused-ring (bicyclic) bond motifs is 1. The van der Waals surface area contributed by atoms with E-state index in [1.54, 1.807) is 17.7 Å². The van der Waals surface area contributed by atoms with Gasteiger partial charge >= 0.3 is 0 Å². The third-order valence-electron chi connectivity index (χ3n) is 4.78. The number of likely N-dealkylation sites (tertiary alicyclic amines) is 1. The molecule has 0 spiro atoms. The maximum atomic E-state index is 9.68. The van der Waals surface area contributed by atoms with Crippen LogP contribution in [0.4, 0.5) is 5.82 Å². The van der Waals surface area contributed by atoms with Gasteiger partial charge in [-0.05, 0) is 35.4 Å². The largest absolute Gasteiger partial charge is 0.393 e. The van der Waals surface area contributed by atoms with E-state index in [0.717, 1.165) is 55.1 Å². The van der Waals surface area contributed by atoms with Crippen molar-refractivity contribution in [1.82, 2.24) is 14.9 Å². The fourth-order valence-electron chi connectivity index (χ4n) is 3.31. The molecule has 1 saturated heterocycles. The Hall–Kier alpha value is -2.02. The molecule has 1 aliphatic rings. The van der Waals surface area contributed by atoms with E-state index in [1.807, 2.05) is 5.38 Å². The summed E-state index contributed by atoms with van der Waals surface area (Å²) in [5.41, 5.74) is 2.62. The molecule has 0 aliphatic carbocycles. The van der Waals surface area contributed by atoms with Crippen molar-refractivity contribution in [1.29, 1.82) is 0 Å². The molecule has 2 aromatic heterocycles. The normalized spacial score (nSPS) is 16.4. The third-order valence-corrected chi connectivity index (χ3v) is 5.60. The number of nitrogens with zero attached hydrogens (tertiary/aromatic N) is 3. The number of rotatable bonds is 5. The molecule has 5 nitrogen and oxygen atoms in total. The molecule has 4 rings (SSSR count). The van der Waals surface area contributed by atoms with Crippen LogP contribution in [0.25, 0.3) is 10.2 Å². The highest BCUT2D eigenvalue weighted by atomic mass is 32.1. The molecular weight excluding hydrogens is 332 g/mol. The smallest absolute Gasteiger partial charge is 0.138 e. The number of aliphatic hydroxyl groups excluding tert-OH is 1. The van der Waals surface area contributed by atoms with Crippen molar-refractivity contribution in [3.8, 4) is 0 Å². The van der Waals surface area contributed by atoms with E-state index < -0.39 is 0 Å². The standard InChI is InChI=1S/C19H22N4OS/c24-16-5-8-23(9-6-16)12-15-4-2-1-3-14(15)11-20-18-17-7-10-25-19(17)22-13-21-18/h1-4,7,10,13,16,24H,5-6,8-9,11-12H2,(H,20,21,22). The van der Waals surface area contributed by atoms with E-state index in [-0.39, 0.29) is 6.10 Å². The predicted octanol–water partition coefficient (Wildman–Crippen LogP) is 3.26. The summed E-state index contributed by atoms with van der Waals surface area (Å²) in [4.78, 5) is 12.1. The van der Waals surface area contributed by atoms with Crippen molar-refractivity contribution >= 4 is 27.4 Å². The van der Waals surface area contributed by atoms with Crippen LogP contribution < -0.4 is 5.32 Å². The quantitative estimate of drug-likeness (QED) is 0.736. The van der Waals surface area contributed by atoms with Gasteiger partial charge in [0.25, 0.3) is 0 Å². The molecule has 2 N–H and O–H groups in total. The number of aliphatic hydroxyl groups is 1. The van der Waals surface area contributed by atoms with Gasteiger partial charge in [0.05, 0.1) is 11.5 Å². The minimum Gasteiger partial charge on any atom is -0.393 e. The first kappa shape index (κ1) is 16.4. The van der Waals surface area contributed by atoms with Gasteiger partial charge in [-0.1, -0.05) is 24.3 Å². The molecule has 0 atom stereocenters. The molecule has 0 amide bonds. The lowest BCUT2D eigenvalue weighted by Gasteiger charge is -2.30. The van der Waals surface area contributed by atoms with Crippen LogP contribution in [0.3, 0.4) is 0 Å². The molecular formula is C19H22N4OS. The van der Waals surface area contributed by atoms with Crippen LogP contribution in [0.2, 0.25) is 0 Å². The van der Waals surface area contributed by atoms with E-state index in [1.165, 1.54) is 11.1 Å². The van der Waals surface area contributed by atoms with E-state index in [2.05, 4.69) is 50.5 Å². The number of nitrogens with one attached hydrogen (secondary N) is 1. The molecule has 3 heterocycles. The van der Waals surface area contributed by atoms with Crippen LogP contribution >= 0.6 is 11.3 Å². The molecule has 0 radical (unpaired) electrons. The Morgan fingerprint density at radius 2 is 1.92 bits per heavy atom. The number of thiophene rings is 1. The van der Waals surface area contributed by atoms with Gasteiger partial charge < -0.3 is 10.4 Å². The van der Waals surface area contributed by atoms with Crippen molar-refractivity contribution in [2.24, 2.45) is 0 Å². The van der Waals surface area contributed by atoms with Crippen LogP contribution in [0.5, 0.6) is 0 Å². The molecule has 0 bridgehead atoms. The Morgan fingerprint density at radius 3 is 2.76 bits per heavy atom. The lowest BCUT2D eigenvalue weighted by molar-refractivity contribution is 0.0791. The average Bonchev–Trinajstić information content (AvgIpc) is 3.12. The minimum atomic E-state index is -0.126. The van der Waals surface area contributed by atoms with Gasteiger partial charge in [0.2, 0.25) is 0 Å². The average molecular weight is 354 g/mol. The first-order valence-electron chi connectivity index (χ1n) is 8.69. The Kier molecular flexibility index (Phi) is 4.92. The second-order valence-corrected chi connectivity index (χ2v) is 7.39. The summed E-state index contributed by atoms with van der Waals surface area (Å²) in [7, 11) is 0. The molecule has 3 aromatic rings. The highest BCUT2D eigenvalue weighted by molar-refractivity contribution is 7.16. The second kappa shape index (κ2) is 7.47.